The van der Waals surface area contributed by atoms with Crippen molar-refractivity contribution in [3.63, 3.8) is 0 Å². The van der Waals surface area contributed by atoms with Gasteiger partial charge in [-0.05, 0) is 29.8 Å². The minimum absolute atomic E-state index is 0.0469. The highest BCUT2D eigenvalue weighted by Gasteiger charge is 2.18. The van der Waals surface area contributed by atoms with E-state index in [4.69, 9.17) is 0 Å². The Balaban J connectivity index is 2.24. The number of rotatable bonds is 5. The molecule has 0 heterocycles. The van der Waals surface area contributed by atoms with Crippen LogP contribution in [0.1, 0.15) is 17.2 Å². The van der Waals surface area contributed by atoms with Crippen LogP contribution in [0.25, 0.3) is 0 Å². The Kier molecular flexibility index (Phi) is 4.80. The lowest BCUT2D eigenvalue weighted by molar-refractivity contribution is -0.0515. The first-order valence-electron chi connectivity index (χ1n) is 6.13. The van der Waals surface area contributed by atoms with Crippen molar-refractivity contribution in [1.82, 2.24) is 0 Å². The molecular formula is C15H12F4O2. The molecule has 0 spiro atoms. The molecule has 0 aromatic heterocycles. The Bertz CT molecular complexity index is 616. The Morgan fingerprint density at radius 1 is 1.05 bits per heavy atom. The molecule has 21 heavy (non-hydrogen) atoms. The summed E-state index contributed by atoms with van der Waals surface area (Å²) in [7, 11) is 0. The van der Waals surface area contributed by atoms with Crippen LogP contribution >= 0.6 is 0 Å². The molecule has 0 amide bonds. The van der Waals surface area contributed by atoms with Crippen LogP contribution in [0.3, 0.4) is 0 Å². The number of benzene rings is 2. The molecule has 0 aliphatic rings. The second kappa shape index (κ2) is 6.58. The Labute approximate surface area is 118 Å². The van der Waals surface area contributed by atoms with Crippen molar-refractivity contribution in [3.05, 3.63) is 65.2 Å². The molecule has 0 bridgehead atoms. The first kappa shape index (κ1) is 15.3. The normalized spacial score (nSPS) is 12.5. The Morgan fingerprint density at radius 3 is 2.48 bits per heavy atom. The monoisotopic (exact) mass is 300 g/mol. The fourth-order valence-electron chi connectivity index (χ4n) is 1.98. The van der Waals surface area contributed by atoms with Crippen molar-refractivity contribution in [2.24, 2.45) is 0 Å². The summed E-state index contributed by atoms with van der Waals surface area (Å²) in [5, 5.41) is 10.1. The molecule has 2 rings (SSSR count). The lowest BCUT2D eigenvalue weighted by Gasteiger charge is -2.16. The predicted octanol–water partition coefficient (Wildman–Crippen LogP) is 3.84. The van der Waals surface area contributed by atoms with Crippen LogP contribution in [0.2, 0.25) is 0 Å². The number of alkyl halides is 2. The van der Waals surface area contributed by atoms with Gasteiger partial charge in [0.15, 0.2) is 0 Å². The zero-order chi connectivity index (χ0) is 15.4. The summed E-state index contributed by atoms with van der Waals surface area (Å²) >= 11 is 0. The summed E-state index contributed by atoms with van der Waals surface area (Å²) in [5.41, 5.74) is 0.0378. The van der Waals surface area contributed by atoms with Crippen molar-refractivity contribution in [2.75, 3.05) is 0 Å². The highest BCUT2D eigenvalue weighted by atomic mass is 19.3. The molecular weight excluding hydrogens is 288 g/mol. The average Bonchev–Trinajstić information content (AvgIpc) is 2.42. The highest BCUT2D eigenvalue weighted by molar-refractivity contribution is 5.36. The van der Waals surface area contributed by atoms with E-state index in [0.29, 0.717) is 0 Å². The summed E-state index contributed by atoms with van der Waals surface area (Å²) in [4.78, 5) is 0. The first-order chi connectivity index (χ1) is 9.97. The standard InChI is InChI=1S/C15H12F4O2/c16-10-5-6-12(17)9(7-10)8-13(20)11-3-1-2-4-14(11)21-15(18)19/h1-7,13,15,20H,8H2. The number of aliphatic hydroxyl groups excluding tert-OH is 1. The summed E-state index contributed by atoms with van der Waals surface area (Å²) in [6.45, 7) is -3.04. The summed E-state index contributed by atoms with van der Waals surface area (Å²) in [6.07, 6.45) is -1.55. The maximum Gasteiger partial charge on any atom is 0.387 e. The van der Waals surface area contributed by atoms with Gasteiger partial charge in [0.2, 0.25) is 0 Å². The zero-order valence-electron chi connectivity index (χ0n) is 10.8. The van der Waals surface area contributed by atoms with Gasteiger partial charge in [0.1, 0.15) is 17.4 Å². The number of hydrogen-bond acceptors (Lipinski definition) is 2. The van der Waals surface area contributed by atoms with Gasteiger partial charge in [0, 0.05) is 12.0 Å². The fraction of sp³-hybridized carbons (Fsp3) is 0.200. The van der Waals surface area contributed by atoms with Crippen LogP contribution in [0.4, 0.5) is 17.6 Å². The Morgan fingerprint density at radius 2 is 1.76 bits per heavy atom. The van der Waals surface area contributed by atoms with Crippen molar-refractivity contribution < 1.29 is 27.4 Å². The minimum Gasteiger partial charge on any atom is -0.434 e. The van der Waals surface area contributed by atoms with E-state index in [1.165, 1.54) is 24.3 Å². The minimum atomic E-state index is -3.04. The SMILES string of the molecule is OC(Cc1cc(F)ccc1F)c1ccccc1OC(F)F. The van der Waals surface area contributed by atoms with E-state index in [0.717, 1.165) is 18.2 Å². The third kappa shape index (κ3) is 3.95. The third-order valence-corrected chi connectivity index (χ3v) is 2.92. The van der Waals surface area contributed by atoms with Crippen molar-refractivity contribution in [3.8, 4) is 5.75 Å². The number of aliphatic hydroxyl groups is 1. The maximum absolute atomic E-state index is 13.5. The van der Waals surface area contributed by atoms with Crippen molar-refractivity contribution in [1.29, 1.82) is 0 Å². The number of halogens is 4. The summed E-state index contributed by atoms with van der Waals surface area (Å²) in [6, 6.07) is 8.51. The molecule has 1 atom stereocenters. The van der Waals surface area contributed by atoms with Gasteiger partial charge in [0.25, 0.3) is 0 Å². The number of hydrogen-bond donors (Lipinski definition) is 1. The number of para-hydroxylation sites is 1. The topological polar surface area (TPSA) is 29.5 Å². The molecule has 2 nitrogen and oxygen atoms in total. The van der Waals surface area contributed by atoms with Gasteiger partial charge >= 0.3 is 6.61 Å². The summed E-state index contributed by atoms with van der Waals surface area (Å²) < 4.78 is 55.5. The van der Waals surface area contributed by atoms with Crippen LogP contribution in [0, 0.1) is 11.6 Å². The smallest absolute Gasteiger partial charge is 0.387 e. The van der Waals surface area contributed by atoms with Crippen LogP contribution < -0.4 is 4.74 Å². The molecule has 6 heteroatoms. The van der Waals surface area contributed by atoms with Gasteiger partial charge < -0.3 is 9.84 Å². The maximum atomic E-state index is 13.5. The van der Waals surface area contributed by atoms with E-state index in [9.17, 15) is 22.7 Å². The molecule has 1 unspecified atom stereocenters. The van der Waals surface area contributed by atoms with E-state index in [1.54, 1.807) is 0 Å². The number of ether oxygens (including phenoxy) is 1. The highest BCUT2D eigenvalue weighted by Crippen LogP contribution is 2.29. The van der Waals surface area contributed by atoms with Crippen molar-refractivity contribution in [2.45, 2.75) is 19.1 Å². The van der Waals surface area contributed by atoms with Crippen LogP contribution in [-0.2, 0) is 6.42 Å². The predicted molar refractivity (Wildman–Crippen MR) is 68.1 cm³/mol. The third-order valence-electron chi connectivity index (χ3n) is 2.92. The van der Waals surface area contributed by atoms with E-state index in [2.05, 4.69) is 4.74 Å². The van der Waals surface area contributed by atoms with Gasteiger partial charge in [-0.25, -0.2) is 8.78 Å². The fourth-order valence-corrected chi connectivity index (χ4v) is 1.98. The largest absolute Gasteiger partial charge is 0.434 e. The molecule has 0 aliphatic heterocycles. The molecule has 0 saturated heterocycles. The molecule has 0 aliphatic carbocycles. The lowest BCUT2D eigenvalue weighted by Crippen LogP contribution is -2.09. The summed E-state index contributed by atoms with van der Waals surface area (Å²) in [5.74, 6) is -1.52. The second-order valence-corrected chi connectivity index (χ2v) is 4.37. The molecule has 1 N–H and O–H groups in total. The van der Waals surface area contributed by atoms with E-state index in [-0.39, 0.29) is 23.3 Å². The van der Waals surface area contributed by atoms with E-state index >= 15 is 0 Å². The molecule has 112 valence electrons. The van der Waals surface area contributed by atoms with Gasteiger partial charge in [-0.2, -0.15) is 8.78 Å². The zero-order valence-corrected chi connectivity index (χ0v) is 10.8. The van der Waals surface area contributed by atoms with Crippen LogP contribution in [-0.4, -0.2) is 11.7 Å². The molecule has 0 fully saturated rings. The van der Waals surface area contributed by atoms with Gasteiger partial charge in [-0.3, -0.25) is 0 Å². The van der Waals surface area contributed by atoms with Gasteiger partial charge in [0.05, 0.1) is 6.10 Å². The van der Waals surface area contributed by atoms with E-state index in [1.807, 2.05) is 0 Å². The Hall–Kier alpha value is -2.08. The second-order valence-electron chi connectivity index (χ2n) is 4.37. The van der Waals surface area contributed by atoms with Gasteiger partial charge in [-0.1, -0.05) is 18.2 Å². The van der Waals surface area contributed by atoms with Crippen molar-refractivity contribution >= 4 is 0 Å². The molecule has 2 aromatic carbocycles. The quantitative estimate of drug-likeness (QED) is 0.850. The van der Waals surface area contributed by atoms with Crippen LogP contribution in [0.15, 0.2) is 42.5 Å². The molecule has 0 radical (unpaired) electrons. The first-order valence-corrected chi connectivity index (χ1v) is 6.13. The molecule has 0 saturated carbocycles. The average molecular weight is 300 g/mol. The van der Waals surface area contributed by atoms with E-state index < -0.39 is 24.3 Å². The van der Waals surface area contributed by atoms with Gasteiger partial charge in [-0.15, -0.1) is 0 Å². The molecule has 2 aromatic rings. The van der Waals surface area contributed by atoms with Crippen LogP contribution in [0.5, 0.6) is 5.75 Å². The lowest BCUT2D eigenvalue weighted by atomic mass is 10.00.